The third kappa shape index (κ3) is 2.50. The fraction of sp³-hybridized carbons (Fsp3) is 0.167. The number of nitrogens with zero attached hydrogens (tertiary/aromatic N) is 3. The number of halogens is 1. The number of hydrogen-bond donors (Lipinski definition) is 1. The normalized spacial score (nSPS) is 11.2. The first-order chi connectivity index (χ1) is 12.6. The van der Waals surface area contributed by atoms with Crippen LogP contribution in [-0.2, 0) is 0 Å². The molecule has 0 aliphatic carbocycles. The largest absolute Gasteiger partial charge is 0.497 e. The van der Waals surface area contributed by atoms with Gasteiger partial charge in [-0.25, -0.2) is 14.4 Å². The molecule has 0 aliphatic heterocycles. The maximum absolute atomic E-state index is 14.4. The number of nitrogens with one attached hydrogen (secondary N) is 1. The Morgan fingerprint density at radius 2 is 2.15 bits per heavy atom. The van der Waals surface area contributed by atoms with Crippen molar-refractivity contribution < 1.29 is 9.13 Å². The monoisotopic (exact) mass is 370 g/mol. The molecular weight excluding hydrogens is 355 g/mol. The number of anilines is 1. The van der Waals surface area contributed by atoms with E-state index in [1.807, 2.05) is 13.0 Å². The smallest absolute Gasteiger partial charge is 0.276 e. The van der Waals surface area contributed by atoms with Crippen molar-refractivity contribution in [3.63, 3.8) is 0 Å². The molecule has 0 spiro atoms. The van der Waals surface area contributed by atoms with E-state index >= 15 is 0 Å². The number of thiophene rings is 1. The predicted octanol–water partition coefficient (Wildman–Crippen LogP) is 3.57. The molecule has 0 radical (unpaired) electrons. The van der Waals surface area contributed by atoms with Gasteiger partial charge in [0.05, 0.1) is 23.7 Å². The highest BCUT2D eigenvalue weighted by atomic mass is 32.1. The minimum absolute atomic E-state index is 0.127. The molecular formula is C18H15FN4O2S. The molecule has 4 aromatic rings. The van der Waals surface area contributed by atoms with Gasteiger partial charge >= 0.3 is 0 Å². The molecule has 3 aromatic heterocycles. The Kier molecular flexibility index (Phi) is 4.04. The van der Waals surface area contributed by atoms with Crippen LogP contribution in [0.2, 0.25) is 0 Å². The number of methoxy groups -OCH3 is 1. The van der Waals surface area contributed by atoms with Crippen molar-refractivity contribution in [3.8, 4) is 11.4 Å². The number of aromatic nitrogens is 3. The van der Waals surface area contributed by atoms with E-state index in [0.29, 0.717) is 16.0 Å². The quantitative estimate of drug-likeness (QED) is 0.595. The first kappa shape index (κ1) is 16.5. The highest BCUT2D eigenvalue weighted by Crippen LogP contribution is 2.34. The Morgan fingerprint density at radius 1 is 1.31 bits per heavy atom. The lowest BCUT2D eigenvalue weighted by molar-refractivity contribution is 0.411. The van der Waals surface area contributed by atoms with E-state index in [-0.39, 0.29) is 11.2 Å². The molecule has 3 heterocycles. The van der Waals surface area contributed by atoms with E-state index in [9.17, 15) is 9.18 Å². The minimum atomic E-state index is -0.555. The van der Waals surface area contributed by atoms with E-state index in [1.54, 1.807) is 12.3 Å². The third-order valence-corrected chi connectivity index (χ3v) is 5.14. The van der Waals surface area contributed by atoms with Gasteiger partial charge in [0.15, 0.2) is 5.82 Å². The lowest BCUT2D eigenvalue weighted by atomic mass is 10.2. The molecule has 0 saturated heterocycles. The highest BCUT2D eigenvalue weighted by molar-refractivity contribution is 7.25. The standard InChI is InChI=1S/C18H15FN4O2S/c1-3-20-12-6-7-21-17-14(12)15-16(26-17)18(24)23(9-22-15)13-5-4-10(25-2)8-11(13)19/h4-9H,3H2,1-2H3,(H,20,21). The fourth-order valence-corrected chi connectivity index (χ4v) is 3.92. The number of fused-ring (bicyclic) bond motifs is 3. The average Bonchev–Trinajstić information content (AvgIpc) is 3.03. The van der Waals surface area contributed by atoms with E-state index in [4.69, 9.17) is 4.74 Å². The zero-order valence-electron chi connectivity index (χ0n) is 14.1. The summed E-state index contributed by atoms with van der Waals surface area (Å²) in [5.74, 6) is -0.171. The van der Waals surface area contributed by atoms with Crippen LogP contribution in [0.25, 0.3) is 26.1 Å². The van der Waals surface area contributed by atoms with Crippen molar-refractivity contribution in [2.75, 3.05) is 19.0 Å². The van der Waals surface area contributed by atoms with Crippen molar-refractivity contribution in [1.82, 2.24) is 14.5 Å². The number of benzene rings is 1. The van der Waals surface area contributed by atoms with E-state index in [0.717, 1.165) is 22.4 Å². The van der Waals surface area contributed by atoms with Crippen LogP contribution in [0.1, 0.15) is 6.92 Å². The number of rotatable bonds is 4. The van der Waals surface area contributed by atoms with Crippen LogP contribution in [0.4, 0.5) is 10.1 Å². The molecule has 4 rings (SSSR count). The second-order valence-electron chi connectivity index (χ2n) is 5.59. The number of ether oxygens (including phenoxy) is 1. The SMILES string of the molecule is CCNc1ccnc2sc3c(=O)n(-c4ccc(OC)cc4F)cnc3c12. The van der Waals surface area contributed by atoms with E-state index in [2.05, 4.69) is 15.3 Å². The molecule has 0 atom stereocenters. The average molecular weight is 370 g/mol. The Bertz CT molecular complexity index is 1190. The lowest BCUT2D eigenvalue weighted by Gasteiger charge is -2.08. The van der Waals surface area contributed by atoms with Gasteiger partial charge in [0, 0.05) is 24.5 Å². The molecule has 0 unspecified atom stereocenters. The van der Waals surface area contributed by atoms with Crippen molar-refractivity contribution in [2.45, 2.75) is 6.92 Å². The summed E-state index contributed by atoms with van der Waals surface area (Å²) in [6.45, 7) is 2.73. The van der Waals surface area contributed by atoms with Crippen LogP contribution in [0.15, 0.2) is 41.6 Å². The van der Waals surface area contributed by atoms with Gasteiger partial charge in [-0.1, -0.05) is 0 Å². The summed E-state index contributed by atoms with van der Waals surface area (Å²) < 4.78 is 21.0. The predicted molar refractivity (Wildman–Crippen MR) is 101 cm³/mol. The molecule has 0 saturated carbocycles. The number of hydrogen-bond acceptors (Lipinski definition) is 6. The van der Waals surface area contributed by atoms with Gasteiger partial charge in [-0.15, -0.1) is 11.3 Å². The summed E-state index contributed by atoms with van der Waals surface area (Å²) in [5.41, 5.74) is 1.25. The van der Waals surface area contributed by atoms with Gasteiger partial charge in [0.25, 0.3) is 5.56 Å². The molecule has 0 fully saturated rings. The van der Waals surface area contributed by atoms with Crippen molar-refractivity contribution >= 4 is 37.5 Å². The molecule has 0 aliphatic rings. The fourth-order valence-electron chi connectivity index (χ4n) is 2.87. The third-order valence-electron chi connectivity index (χ3n) is 4.06. The van der Waals surface area contributed by atoms with Gasteiger partial charge in [-0.3, -0.25) is 9.36 Å². The van der Waals surface area contributed by atoms with Crippen LogP contribution in [-0.4, -0.2) is 28.2 Å². The van der Waals surface area contributed by atoms with Gasteiger partial charge in [-0.2, -0.15) is 0 Å². The van der Waals surface area contributed by atoms with Gasteiger partial charge < -0.3 is 10.1 Å². The zero-order valence-corrected chi connectivity index (χ0v) is 14.9. The van der Waals surface area contributed by atoms with Crippen LogP contribution >= 0.6 is 11.3 Å². The first-order valence-corrected chi connectivity index (χ1v) is 8.82. The van der Waals surface area contributed by atoms with Crippen molar-refractivity contribution in [1.29, 1.82) is 0 Å². The summed E-state index contributed by atoms with van der Waals surface area (Å²) in [7, 11) is 1.46. The second kappa shape index (κ2) is 6.38. The topological polar surface area (TPSA) is 69.0 Å². The van der Waals surface area contributed by atoms with Gasteiger partial charge in [0.2, 0.25) is 0 Å². The van der Waals surface area contributed by atoms with Crippen LogP contribution in [0.3, 0.4) is 0 Å². The van der Waals surface area contributed by atoms with E-state index in [1.165, 1.54) is 41.5 Å². The summed E-state index contributed by atoms with van der Waals surface area (Å²) >= 11 is 1.26. The van der Waals surface area contributed by atoms with Gasteiger partial charge in [0.1, 0.15) is 21.6 Å². The lowest BCUT2D eigenvalue weighted by Crippen LogP contribution is -2.18. The Hall–Kier alpha value is -3.00. The maximum atomic E-state index is 14.4. The van der Waals surface area contributed by atoms with Crippen LogP contribution in [0.5, 0.6) is 5.75 Å². The summed E-state index contributed by atoms with van der Waals surface area (Å²) in [6, 6.07) is 6.19. The summed E-state index contributed by atoms with van der Waals surface area (Å²) in [6.07, 6.45) is 3.04. The molecule has 132 valence electrons. The second-order valence-corrected chi connectivity index (χ2v) is 6.58. The molecule has 26 heavy (non-hydrogen) atoms. The highest BCUT2D eigenvalue weighted by Gasteiger charge is 2.17. The minimum Gasteiger partial charge on any atom is -0.497 e. The van der Waals surface area contributed by atoms with Gasteiger partial charge in [-0.05, 0) is 25.1 Å². The molecule has 0 bridgehead atoms. The Labute approximate surface area is 151 Å². The molecule has 6 nitrogen and oxygen atoms in total. The number of pyridine rings is 1. The summed E-state index contributed by atoms with van der Waals surface area (Å²) in [5, 5.41) is 4.07. The molecule has 0 amide bonds. The summed E-state index contributed by atoms with van der Waals surface area (Å²) in [4.78, 5) is 22.5. The van der Waals surface area contributed by atoms with Crippen LogP contribution < -0.4 is 15.6 Å². The van der Waals surface area contributed by atoms with Crippen molar-refractivity contribution in [3.05, 3.63) is 53.0 Å². The Balaban J connectivity index is 1.98. The van der Waals surface area contributed by atoms with Crippen LogP contribution in [0, 0.1) is 5.82 Å². The van der Waals surface area contributed by atoms with E-state index < -0.39 is 5.82 Å². The zero-order chi connectivity index (χ0) is 18.3. The molecule has 1 N–H and O–H groups in total. The van der Waals surface area contributed by atoms with Crippen molar-refractivity contribution in [2.24, 2.45) is 0 Å². The molecule has 8 heteroatoms. The maximum Gasteiger partial charge on any atom is 0.276 e. The Morgan fingerprint density at radius 3 is 2.88 bits per heavy atom. The first-order valence-electron chi connectivity index (χ1n) is 8.00. The molecule has 1 aromatic carbocycles.